The van der Waals surface area contributed by atoms with Crippen LogP contribution in [0, 0.1) is 0 Å². The number of imidazole rings is 1. The number of aromatic nitrogens is 3. The van der Waals surface area contributed by atoms with Gasteiger partial charge in [-0.15, -0.1) is 0 Å². The fourth-order valence-electron chi connectivity index (χ4n) is 4.46. The smallest absolute Gasteiger partial charge is 0.382 e. The Morgan fingerprint density at radius 3 is 2.76 bits per heavy atom. The van der Waals surface area contributed by atoms with Crippen molar-refractivity contribution >= 4 is 39.7 Å². The summed E-state index contributed by atoms with van der Waals surface area (Å²) in [7, 11) is 0. The molecule has 1 fully saturated rings. The lowest BCUT2D eigenvalue weighted by atomic mass is 9.90. The molecule has 1 saturated carbocycles. The van der Waals surface area contributed by atoms with Crippen molar-refractivity contribution in [2.45, 2.75) is 43.9 Å². The number of alkyl halides is 3. The van der Waals surface area contributed by atoms with Crippen molar-refractivity contribution in [3.05, 3.63) is 71.3 Å². The van der Waals surface area contributed by atoms with Gasteiger partial charge in [0.1, 0.15) is 11.3 Å². The molecule has 0 bridgehead atoms. The topological polar surface area (TPSA) is 71.3 Å². The second kappa shape index (κ2) is 8.79. The Kier molecular flexibility index (Phi) is 5.81. The third kappa shape index (κ3) is 4.65. The van der Waals surface area contributed by atoms with Gasteiger partial charge in [0, 0.05) is 46.8 Å². The summed E-state index contributed by atoms with van der Waals surface area (Å²) in [5, 5.41) is 7.27. The van der Waals surface area contributed by atoms with E-state index in [4.69, 9.17) is 11.6 Å². The van der Waals surface area contributed by atoms with Crippen molar-refractivity contribution in [3.63, 3.8) is 0 Å². The van der Waals surface area contributed by atoms with Crippen LogP contribution < -0.4 is 10.6 Å². The maximum Gasteiger partial charge on any atom is 0.433 e. The summed E-state index contributed by atoms with van der Waals surface area (Å²) in [5.74, 6) is -0.193. The molecule has 6 nitrogen and oxygen atoms in total. The number of halogens is 4. The zero-order valence-corrected chi connectivity index (χ0v) is 18.7. The molecule has 1 aliphatic carbocycles. The van der Waals surface area contributed by atoms with E-state index in [9.17, 15) is 18.0 Å². The lowest BCUT2D eigenvalue weighted by Gasteiger charge is -2.31. The monoisotopic (exact) mass is 487 g/mol. The van der Waals surface area contributed by atoms with E-state index in [2.05, 4.69) is 20.6 Å². The summed E-state index contributed by atoms with van der Waals surface area (Å²) in [4.78, 5) is 20.7. The number of benzene rings is 1. The number of nitrogens with zero attached hydrogens (tertiary/aromatic N) is 3. The molecule has 176 valence electrons. The summed E-state index contributed by atoms with van der Waals surface area (Å²) < 4.78 is 42.1. The molecule has 0 aliphatic heterocycles. The van der Waals surface area contributed by atoms with Crippen LogP contribution >= 0.6 is 11.6 Å². The fourth-order valence-corrected chi connectivity index (χ4v) is 4.63. The predicted molar refractivity (Wildman–Crippen MR) is 124 cm³/mol. The van der Waals surface area contributed by atoms with Crippen LogP contribution in [0.5, 0.6) is 0 Å². The molecule has 1 amide bonds. The fraction of sp³-hybridized carbons (Fsp3) is 0.292. The highest BCUT2D eigenvalue weighted by Gasteiger charge is 2.34. The van der Waals surface area contributed by atoms with Crippen LogP contribution in [0.4, 0.5) is 18.9 Å². The van der Waals surface area contributed by atoms with Gasteiger partial charge in [-0.05, 0) is 62.1 Å². The molecule has 4 aromatic rings. The van der Waals surface area contributed by atoms with Gasteiger partial charge in [-0.2, -0.15) is 13.2 Å². The van der Waals surface area contributed by atoms with Crippen LogP contribution in [0.1, 0.15) is 41.7 Å². The Labute approximate surface area is 198 Å². The minimum absolute atomic E-state index is 0.101. The molecule has 1 aromatic carbocycles. The molecule has 2 atom stereocenters. The second-order valence-electron chi connectivity index (χ2n) is 8.50. The summed E-state index contributed by atoms with van der Waals surface area (Å²) in [6.07, 6.45) is 3.59. The van der Waals surface area contributed by atoms with Crippen molar-refractivity contribution in [1.82, 2.24) is 19.7 Å². The Bertz CT molecular complexity index is 1370. The van der Waals surface area contributed by atoms with E-state index in [-0.39, 0.29) is 23.5 Å². The maximum atomic E-state index is 13.4. The number of rotatable bonds is 4. The van der Waals surface area contributed by atoms with Crippen LogP contribution in [-0.2, 0) is 6.18 Å². The number of pyridine rings is 2. The highest BCUT2D eigenvalue weighted by atomic mass is 35.5. The standard InChI is InChI=1S/C24H21ClF3N5O/c25-15-5-6-19-18(10-15)20(12-21(32-19)24(26,27)28)30-16-2-1-3-17(11-16)31-23(34)14-4-7-22-29-8-9-33(22)13-14/h4-10,12-13,16-17H,1-3,11H2,(H,30,32)(H,31,34)/t16-,17+/m0/s1. The summed E-state index contributed by atoms with van der Waals surface area (Å²) in [5.41, 5.74) is 0.867. The summed E-state index contributed by atoms with van der Waals surface area (Å²) in [6.45, 7) is 0. The van der Waals surface area contributed by atoms with Crippen LogP contribution in [0.2, 0.25) is 5.02 Å². The quantitative estimate of drug-likeness (QED) is 0.387. The van der Waals surface area contributed by atoms with Crippen LogP contribution in [0.15, 0.2) is 55.0 Å². The average molecular weight is 488 g/mol. The van der Waals surface area contributed by atoms with Gasteiger partial charge in [-0.1, -0.05) is 11.6 Å². The van der Waals surface area contributed by atoms with Crippen molar-refractivity contribution in [3.8, 4) is 0 Å². The molecule has 34 heavy (non-hydrogen) atoms. The molecular formula is C24H21ClF3N5O. The number of amides is 1. The lowest BCUT2D eigenvalue weighted by Crippen LogP contribution is -2.41. The molecule has 5 rings (SSSR count). The van der Waals surface area contributed by atoms with Gasteiger partial charge in [0.05, 0.1) is 11.1 Å². The minimum Gasteiger partial charge on any atom is -0.382 e. The van der Waals surface area contributed by atoms with E-state index >= 15 is 0 Å². The Morgan fingerprint density at radius 1 is 1.12 bits per heavy atom. The van der Waals surface area contributed by atoms with Gasteiger partial charge in [-0.3, -0.25) is 4.79 Å². The zero-order chi connectivity index (χ0) is 23.9. The number of nitrogens with one attached hydrogen (secondary N) is 2. The highest BCUT2D eigenvalue weighted by molar-refractivity contribution is 6.31. The van der Waals surface area contributed by atoms with Crippen molar-refractivity contribution in [1.29, 1.82) is 0 Å². The Morgan fingerprint density at radius 2 is 1.94 bits per heavy atom. The molecule has 10 heteroatoms. The molecule has 3 aromatic heterocycles. The van der Waals surface area contributed by atoms with Crippen LogP contribution in [-0.4, -0.2) is 32.4 Å². The number of hydrogen-bond donors (Lipinski definition) is 2. The minimum atomic E-state index is -4.57. The number of anilines is 1. The maximum absolute atomic E-state index is 13.4. The largest absolute Gasteiger partial charge is 0.433 e. The SMILES string of the molecule is O=C(N[C@@H]1CCC[C@H](Nc2cc(C(F)(F)F)nc3ccc(Cl)cc23)C1)c1ccc2nccn2c1. The molecule has 0 unspecified atom stereocenters. The number of carbonyl (C=O) groups is 1. The van der Waals surface area contributed by atoms with Gasteiger partial charge < -0.3 is 15.0 Å². The summed E-state index contributed by atoms with van der Waals surface area (Å²) in [6, 6.07) is 8.94. The number of fused-ring (bicyclic) bond motifs is 2. The van der Waals surface area contributed by atoms with Gasteiger partial charge in [-0.25, -0.2) is 9.97 Å². The first-order chi connectivity index (χ1) is 16.3. The third-order valence-electron chi connectivity index (χ3n) is 6.08. The number of carbonyl (C=O) groups excluding carboxylic acids is 1. The van der Waals surface area contributed by atoms with E-state index in [0.717, 1.165) is 31.0 Å². The van der Waals surface area contributed by atoms with Crippen molar-refractivity contribution in [2.24, 2.45) is 0 Å². The lowest BCUT2D eigenvalue weighted by molar-refractivity contribution is -0.140. The van der Waals surface area contributed by atoms with E-state index in [1.807, 2.05) is 0 Å². The van der Waals surface area contributed by atoms with Gasteiger partial charge in [0.15, 0.2) is 0 Å². The van der Waals surface area contributed by atoms with E-state index in [1.165, 1.54) is 12.1 Å². The summed E-state index contributed by atoms with van der Waals surface area (Å²) >= 11 is 6.10. The Balaban J connectivity index is 1.34. The first-order valence-corrected chi connectivity index (χ1v) is 11.3. The van der Waals surface area contributed by atoms with E-state index in [0.29, 0.717) is 28.1 Å². The third-order valence-corrected chi connectivity index (χ3v) is 6.32. The molecule has 1 aliphatic rings. The first-order valence-electron chi connectivity index (χ1n) is 10.9. The van der Waals surface area contributed by atoms with E-state index < -0.39 is 11.9 Å². The molecule has 2 N–H and O–H groups in total. The molecule has 3 heterocycles. The van der Waals surface area contributed by atoms with Crippen LogP contribution in [0.25, 0.3) is 16.6 Å². The highest BCUT2D eigenvalue weighted by Crippen LogP contribution is 2.35. The van der Waals surface area contributed by atoms with Crippen LogP contribution in [0.3, 0.4) is 0 Å². The molecule has 0 radical (unpaired) electrons. The Hall–Kier alpha value is -3.33. The molecule has 0 saturated heterocycles. The number of hydrogen-bond acceptors (Lipinski definition) is 4. The first kappa shape index (κ1) is 22.5. The van der Waals surface area contributed by atoms with E-state index in [1.54, 1.807) is 41.2 Å². The predicted octanol–water partition coefficient (Wildman–Crippen LogP) is 5.71. The van der Waals surface area contributed by atoms with Gasteiger partial charge in [0.2, 0.25) is 0 Å². The normalized spacial score (nSPS) is 18.8. The van der Waals surface area contributed by atoms with Crippen molar-refractivity contribution < 1.29 is 18.0 Å². The molecule has 0 spiro atoms. The molecular weight excluding hydrogens is 467 g/mol. The second-order valence-corrected chi connectivity index (χ2v) is 8.94. The van der Waals surface area contributed by atoms with Crippen molar-refractivity contribution in [2.75, 3.05) is 5.32 Å². The van der Waals surface area contributed by atoms with Gasteiger partial charge in [0.25, 0.3) is 5.91 Å². The average Bonchev–Trinajstić information content (AvgIpc) is 3.27. The van der Waals surface area contributed by atoms with Gasteiger partial charge >= 0.3 is 6.18 Å². The zero-order valence-electron chi connectivity index (χ0n) is 17.9.